The van der Waals surface area contributed by atoms with Crippen LogP contribution in [0.15, 0.2) is 35.3 Å². The monoisotopic (exact) mass is 441 g/mol. The molecule has 2 heterocycles. The number of nitrogens with two attached hydrogens (primary N) is 1. The van der Waals surface area contributed by atoms with Crippen molar-refractivity contribution in [2.75, 3.05) is 16.2 Å². The number of hydrogen-bond donors (Lipinski definition) is 2. The number of fused-ring (bicyclic) bond motifs is 1. The van der Waals surface area contributed by atoms with Gasteiger partial charge in [-0.15, -0.1) is 0 Å². The SMILES string of the molecule is CC(C)n1c(=O)c(-c2ccc(NSCCC(F)(F)F)c(F)c2)cc2cnc(N)nc21. The molecule has 0 amide bonds. The topological polar surface area (TPSA) is 85.8 Å². The van der Waals surface area contributed by atoms with Crippen molar-refractivity contribution >= 4 is 34.6 Å². The lowest BCUT2D eigenvalue weighted by Gasteiger charge is -2.16. The van der Waals surface area contributed by atoms with E-state index in [-0.39, 0.29) is 34.6 Å². The molecule has 160 valence electrons. The number of alkyl halides is 3. The Bertz CT molecular complexity index is 1130. The van der Waals surface area contributed by atoms with Gasteiger partial charge in [0.1, 0.15) is 11.5 Å². The summed E-state index contributed by atoms with van der Waals surface area (Å²) in [6.07, 6.45) is -3.76. The predicted molar refractivity (Wildman–Crippen MR) is 111 cm³/mol. The van der Waals surface area contributed by atoms with E-state index in [0.29, 0.717) is 16.6 Å². The molecule has 0 atom stereocenters. The van der Waals surface area contributed by atoms with Crippen molar-refractivity contribution in [1.82, 2.24) is 14.5 Å². The van der Waals surface area contributed by atoms with E-state index in [1.807, 2.05) is 13.8 Å². The maximum absolute atomic E-state index is 14.5. The zero-order chi connectivity index (χ0) is 22.1. The molecule has 0 saturated carbocycles. The van der Waals surface area contributed by atoms with Gasteiger partial charge in [0.25, 0.3) is 5.56 Å². The summed E-state index contributed by atoms with van der Waals surface area (Å²) in [5.41, 5.74) is 6.27. The number of pyridine rings is 1. The Morgan fingerprint density at radius 1 is 1.27 bits per heavy atom. The van der Waals surface area contributed by atoms with Crippen molar-refractivity contribution in [2.45, 2.75) is 32.5 Å². The molecule has 0 unspecified atom stereocenters. The van der Waals surface area contributed by atoms with Crippen LogP contribution in [0.5, 0.6) is 0 Å². The molecule has 0 aliphatic rings. The fraction of sp³-hybridized carbons (Fsp3) is 0.316. The summed E-state index contributed by atoms with van der Waals surface area (Å²) in [6, 6.07) is 5.41. The molecule has 0 aliphatic heterocycles. The Kier molecular flexibility index (Phi) is 6.20. The minimum absolute atomic E-state index is 0.0343. The molecule has 11 heteroatoms. The summed E-state index contributed by atoms with van der Waals surface area (Å²) < 4.78 is 55.1. The zero-order valence-corrected chi connectivity index (χ0v) is 16.9. The molecule has 1 aromatic carbocycles. The molecule has 30 heavy (non-hydrogen) atoms. The first kappa shape index (κ1) is 21.9. The van der Waals surface area contributed by atoms with E-state index in [2.05, 4.69) is 14.7 Å². The lowest BCUT2D eigenvalue weighted by molar-refractivity contribution is -0.129. The quantitative estimate of drug-likeness (QED) is 0.326. The maximum Gasteiger partial charge on any atom is 0.389 e. The fourth-order valence-corrected chi connectivity index (χ4v) is 3.64. The molecule has 0 saturated heterocycles. The molecule has 0 bridgehead atoms. The number of nitrogens with one attached hydrogen (secondary N) is 1. The number of aromatic nitrogens is 3. The number of hydrogen-bond acceptors (Lipinski definition) is 6. The molecule has 6 nitrogen and oxygen atoms in total. The van der Waals surface area contributed by atoms with Crippen molar-refractivity contribution in [3.05, 3.63) is 46.6 Å². The van der Waals surface area contributed by atoms with E-state index in [0.717, 1.165) is 18.0 Å². The van der Waals surface area contributed by atoms with Crippen LogP contribution in [-0.4, -0.2) is 26.5 Å². The van der Waals surface area contributed by atoms with Crippen LogP contribution in [0.25, 0.3) is 22.2 Å². The van der Waals surface area contributed by atoms with Gasteiger partial charge in [-0.2, -0.15) is 18.2 Å². The number of nitrogens with zero attached hydrogens (tertiary/aromatic N) is 3. The van der Waals surface area contributed by atoms with Crippen LogP contribution in [-0.2, 0) is 0 Å². The lowest BCUT2D eigenvalue weighted by atomic mass is 10.0. The average molecular weight is 441 g/mol. The second-order valence-electron chi connectivity index (χ2n) is 6.84. The van der Waals surface area contributed by atoms with Crippen molar-refractivity contribution in [3.63, 3.8) is 0 Å². The van der Waals surface area contributed by atoms with E-state index in [9.17, 15) is 22.4 Å². The first-order valence-corrected chi connectivity index (χ1v) is 9.97. The zero-order valence-electron chi connectivity index (χ0n) is 16.1. The maximum atomic E-state index is 14.5. The minimum atomic E-state index is -4.27. The van der Waals surface area contributed by atoms with Crippen LogP contribution < -0.4 is 16.0 Å². The molecule has 2 aromatic heterocycles. The van der Waals surface area contributed by atoms with E-state index in [4.69, 9.17) is 5.73 Å². The summed E-state index contributed by atoms with van der Waals surface area (Å²) in [7, 11) is 0. The third-order valence-electron chi connectivity index (χ3n) is 4.26. The first-order valence-electron chi connectivity index (χ1n) is 8.99. The highest BCUT2D eigenvalue weighted by atomic mass is 32.2. The van der Waals surface area contributed by atoms with Gasteiger partial charge in [-0.25, -0.2) is 9.37 Å². The van der Waals surface area contributed by atoms with E-state index < -0.39 is 18.4 Å². The second-order valence-corrected chi connectivity index (χ2v) is 7.75. The highest BCUT2D eigenvalue weighted by Crippen LogP contribution is 2.28. The Morgan fingerprint density at radius 2 is 2.00 bits per heavy atom. The van der Waals surface area contributed by atoms with Gasteiger partial charge in [0.15, 0.2) is 0 Å². The largest absolute Gasteiger partial charge is 0.389 e. The van der Waals surface area contributed by atoms with E-state index in [1.165, 1.54) is 22.9 Å². The van der Waals surface area contributed by atoms with Crippen molar-refractivity contribution in [3.8, 4) is 11.1 Å². The molecule has 3 rings (SSSR count). The minimum Gasteiger partial charge on any atom is -0.368 e. The second kappa shape index (κ2) is 8.50. The average Bonchev–Trinajstić information content (AvgIpc) is 2.64. The molecular formula is C19H19F4N5OS. The van der Waals surface area contributed by atoms with Crippen molar-refractivity contribution < 1.29 is 17.6 Å². The smallest absolute Gasteiger partial charge is 0.368 e. The molecule has 3 aromatic rings. The Morgan fingerprint density at radius 3 is 2.63 bits per heavy atom. The van der Waals surface area contributed by atoms with E-state index in [1.54, 1.807) is 6.07 Å². The standard InChI is InChI=1S/C19H19F4N5OS/c1-10(2)28-16-12(9-25-18(24)26-16)7-13(17(28)29)11-3-4-15(14(20)8-11)27-30-6-5-19(21,22)23/h3-4,7-10,27H,5-6H2,1-2H3,(H2,24,25,26). The number of nitrogen functional groups attached to an aromatic ring is 1. The van der Waals surface area contributed by atoms with Gasteiger partial charge >= 0.3 is 6.18 Å². The van der Waals surface area contributed by atoms with Gasteiger partial charge in [0.2, 0.25) is 5.95 Å². The third-order valence-corrected chi connectivity index (χ3v) is 5.03. The van der Waals surface area contributed by atoms with Crippen LogP contribution in [0, 0.1) is 5.82 Å². The number of anilines is 2. The normalized spacial score (nSPS) is 12.0. The highest BCUT2D eigenvalue weighted by Gasteiger charge is 2.26. The molecule has 0 spiro atoms. The van der Waals surface area contributed by atoms with Gasteiger partial charge in [0.05, 0.1) is 12.1 Å². The molecule has 0 aliphatic carbocycles. The van der Waals surface area contributed by atoms with Crippen molar-refractivity contribution in [2.24, 2.45) is 0 Å². The van der Waals surface area contributed by atoms with Crippen LogP contribution in [0.2, 0.25) is 0 Å². The Balaban J connectivity index is 1.94. The number of benzene rings is 1. The lowest BCUT2D eigenvalue weighted by Crippen LogP contribution is -2.25. The third kappa shape index (κ3) is 4.84. The summed E-state index contributed by atoms with van der Waals surface area (Å²) in [6.45, 7) is 3.63. The fourth-order valence-electron chi connectivity index (χ4n) is 2.88. The van der Waals surface area contributed by atoms with Gasteiger partial charge in [-0.05, 0) is 37.6 Å². The molecular weight excluding hydrogens is 422 g/mol. The summed E-state index contributed by atoms with van der Waals surface area (Å²) in [5, 5.41) is 0.567. The highest BCUT2D eigenvalue weighted by molar-refractivity contribution is 8.00. The first-order chi connectivity index (χ1) is 14.1. The Hall–Kier alpha value is -2.82. The van der Waals surface area contributed by atoms with Crippen LogP contribution in [0.3, 0.4) is 0 Å². The Labute approximate surface area is 173 Å². The molecule has 3 N–H and O–H groups in total. The summed E-state index contributed by atoms with van der Waals surface area (Å²) in [4.78, 5) is 21.1. The van der Waals surface area contributed by atoms with E-state index >= 15 is 0 Å². The summed E-state index contributed by atoms with van der Waals surface area (Å²) in [5.74, 6) is -0.901. The van der Waals surface area contributed by atoms with Crippen LogP contribution in [0.1, 0.15) is 26.3 Å². The summed E-state index contributed by atoms with van der Waals surface area (Å²) >= 11 is 0.758. The molecule has 0 radical (unpaired) electrons. The number of rotatable bonds is 6. The predicted octanol–water partition coefficient (Wildman–Crippen LogP) is 4.77. The number of halogens is 4. The van der Waals surface area contributed by atoms with Gasteiger partial charge in [0, 0.05) is 28.9 Å². The van der Waals surface area contributed by atoms with Crippen LogP contribution in [0.4, 0.5) is 29.2 Å². The van der Waals surface area contributed by atoms with Gasteiger partial charge in [-0.3, -0.25) is 9.36 Å². The molecule has 0 fully saturated rings. The van der Waals surface area contributed by atoms with Gasteiger partial charge in [-0.1, -0.05) is 18.0 Å². The van der Waals surface area contributed by atoms with Gasteiger partial charge < -0.3 is 10.5 Å². The van der Waals surface area contributed by atoms with Crippen molar-refractivity contribution in [1.29, 1.82) is 0 Å². The van der Waals surface area contributed by atoms with Crippen LogP contribution >= 0.6 is 11.9 Å².